The summed E-state index contributed by atoms with van der Waals surface area (Å²) in [4.78, 5) is 16.4. The smallest absolute Gasteiger partial charge is 0.118 e. The number of aromatic amines is 2. The van der Waals surface area contributed by atoms with E-state index in [1.807, 2.05) is 0 Å². The first-order valence-electron chi connectivity index (χ1n) is 7.47. The Morgan fingerprint density at radius 2 is 1.05 bits per heavy atom. The topological polar surface area (TPSA) is 57.4 Å². The molecule has 0 saturated heterocycles. The van der Waals surface area contributed by atoms with Gasteiger partial charge in [-0.3, -0.25) is 0 Å². The minimum absolute atomic E-state index is 0.238. The summed E-state index contributed by atoms with van der Waals surface area (Å²) in [6.45, 7) is 0. The van der Waals surface area contributed by atoms with Gasteiger partial charge in [-0.1, -0.05) is 48.6 Å². The summed E-state index contributed by atoms with van der Waals surface area (Å²) in [6, 6.07) is 4.14. The maximum absolute atomic E-state index is 4.79. The van der Waals surface area contributed by atoms with Crippen LogP contribution < -0.4 is 0 Å². The van der Waals surface area contributed by atoms with Crippen molar-refractivity contribution in [1.29, 1.82) is 0 Å². The highest BCUT2D eigenvalue weighted by atomic mass is 15.0. The number of fused-ring (bicyclic) bond motifs is 3. The van der Waals surface area contributed by atoms with E-state index < -0.39 is 0 Å². The molecule has 0 amide bonds. The molecule has 106 valence electrons. The second-order valence-corrected chi connectivity index (χ2v) is 5.69. The summed E-state index contributed by atoms with van der Waals surface area (Å²) >= 11 is 0. The van der Waals surface area contributed by atoms with Crippen LogP contribution in [0, 0.1) is 0 Å². The van der Waals surface area contributed by atoms with Crippen LogP contribution in [0.2, 0.25) is 0 Å². The van der Waals surface area contributed by atoms with E-state index in [0.29, 0.717) is 0 Å². The van der Waals surface area contributed by atoms with Gasteiger partial charge in [0.2, 0.25) is 0 Å². The number of benzene rings is 1. The lowest BCUT2D eigenvalue weighted by molar-refractivity contribution is 0.966. The summed E-state index contributed by atoms with van der Waals surface area (Å²) in [5.74, 6) is 2.42. The van der Waals surface area contributed by atoms with Gasteiger partial charge in [0.25, 0.3) is 0 Å². The van der Waals surface area contributed by atoms with Gasteiger partial charge in [0, 0.05) is 0 Å². The number of H-pyrrole nitrogens is 2. The molecule has 4 nitrogen and oxygen atoms in total. The molecule has 0 saturated carbocycles. The van der Waals surface area contributed by atoms with Crippen molar-refractivity contribution < 1.29 is 0 Å². The van der Waals surface area contributed by atoms with Crippen molar-refractivity contribution in [3.05, 3.63) is 72.4 Å². The third-order valence-electron chi connectivity index (χ3n) is 4.27. The number of nitrogens with zero attached hydrogens (tertiary/aromatic N) is 2. The number of hydrogen-bond acceptors (Lipinski definition) is 2. The first kappa shape index (κ1) is 11.7. The van der Waals surface area contributed by atoms with Gasteiger partial charge >= 0.3 is 0 Å². The van der Waals surface area contributed by atoms with Crippen LogP contribution >= 0.6 is 0 Å². The van der Waals surface area contributed by atoms with E-state index in [1.54, 1.807) is 0 Å². The van der Waals surface area contributed by atoms with E-state index in [4.69, 9.17) is 9.97 Å². The number of nitrogens with one attached hydrogen (secondary N) is 2. The molecule has 0 spiro atoms. The Morgan fingerprint density at radius 3 is 1.45 bits per heavy atom. The SMILES string of the molecule is C1=CC(c2nc3c(ccc4[nH]c(C5C=CC=C5)nc43)[nH]2)C=C1. The molecule has 0 atom stereocenters. The molecule has 2 aromatic heterocycles. The number of aromatic nitrogens is 4. The molecule has 3 aromatic rings. The van der Waals surface area contributed by atoms with Gasteiger partial charge < -0.3 is 9.97 Å². The molecule has 0 unspecified atom stereocenters. The number of imidazole rings is 2. The quantitative estimate of drug-likeness (QED) is 0.751. The molecule has 1 aromatic carbocycles. The van der Waals surface area contributed by atoms with Crippen LogP contribution in [0.15, 0.2) is 60.7 Å². The fourth-order valence-corrected chi connectivity index (χ4v) is 3.12. The lowest BCUT2D eigenvalue weighted by Gasteiger charge is -1.98. The molecular formula is C18H14N4. The lowest BCUT2D eigenvalue weighted by atomic mass is 10.2. The summed E-state index contributed by atoms with van der Waals surface area (Å²) in [7, 11) is 0. The van der Waals surface area contributed by atoms with Crippen molar-refractivity contribution in [2.45, 2.75) is 11.8 Å². The predicted octanol–water partition coefficient (Wildman–Crippen LogP) is 3.86. The largest absolute Gasteiger partial charge is 0.341 e. The summed E-state index contributed by atoms with van der Waals surface area (Å²) < 4.78 is 0. The molecular weight excluding hydrogens is 272 g/mol. The van der Waals surface area contributed by atoms with E-state index in [1.165, 1.54) is 0 Å². The molecule has 5 rings (SSSR count). The number of hydrogen-bond donors (Lipinski definition) is 2. The minimum atomic E-state index is 0.238. The van der Waals surface area contributed by atoms with Crippen molar-refractivity contribution in [3.63, 3.8) is 0 Å². The fraction of sp³-hybridized carbons (Fsp3) is 0.111. The van der Waals surface area contributed by atoms with Crippen LogP contribution in [0.1, 0.15) is 23.5 Å². The fourth-order valence-electron chi connectivity index (χ4n) is 3.12. The maximum atomic E-state index is 4.79. The van der Waals surface area contributed by atoms with Crippen LogP contribution in [0.4, 0.5) is 0 Å². The molecule has 0 fully saturated rings. The van der Waals surface area contributed by atoms with Crippen molar-refractivity contribution in [2.24, 2.45) is 0 Å². The van der Waals surface area contributed by atoms with E-state index in [0.717, 1.165) is 33.7 Å². The Bertz CT molecular complexity index is 891. The van der Waals surface area contributed by atoms with Gasteiger partial charge in [-0.15, -0.1) is 0 Å². The Kier molecular flexibility index (Phi) is 2.30. The Hall–Kier alpha value is -2.88. The highest BCUT2D eigenvalue weighted by Crippen LogP contribution is 2.29. The van der Waals surface area contributed by atoms with Crippen LogP contribution in [0.25, 0.3) is 22.1 Å². The molecule has 2 heterocycles. The van der Waals surface area contributed by atoms with Crippen LogP contribution in [-0.2, 0) is 0 Å². The van der Waals surface area contributed by atoms with E-state index in [-0.39, 0.29) is 11.8 Å². The lowest BCUT2D eigenvalue weighted by Crippen LogP contribution is -1.91. The van der Waals surface area contributed by atoms with Gasteiger partial charge in [-0.2, -0.15) is 0 Å². The zero-order valence-electron chi connectivity index (χ0n) is 11.8. The summed E-state index contributed by atoms with van der Waals surface area (Å²) in [5, 5.41) is 0. The highest BCUT2D eigenvalue weighted by molar-refractivity contribution is 6.00. The molecule has 2 aliphatic carbocycles. The van der Waals surface area contributed by atoms with Gasteiger partial charge in [-0.05, 0) is 12.1 Å². The Labute approximate surface area is 127 Å². The Balaban J connectivity index is 1.69. The first-order chi connectivity index (χ1) is 10.9. The van der Waals surface area contributed by atoms with E-state index in [2.05, 4.69) is 70.7 Å². The van der Waals surface area contributed by atoms with Gasteiger partial charge in [0.15, 0.2) is 0 Å². The van der Waals surface area contributed by atoms with Gasteiger partial charge in [0.1, 0.15) is 22.7 Å². The standard InChI is InChI=1S/C18H14N4/c1-2-6-11(5-1)17-19-13-9-10-14-16(15(13)21-17)22-18(20-14)12-7-3-4-8-12/h1-12H,(H,19,21)(H,20,22). The summed E-state index contributed by atoms with van der Waals surface area (Å²) in [6.07, 6.45) is 16.8. The van der Waals surface area contributed by atoms with Crippen molar-refractivity contribution in [2.75, 3.05) is 0 Å². The molecule has 0 radical (unpaired) electrons. The molecule has 2 aliphatic rings. The molecule has 22 heavy (non-hydrogen) atoms. The first-order valence-corrected chi connectivity index (χ1v) is 7.47. The zero-order valence-corrected chi connectivity index (χ0v) is 11.8. The van der Waals surface area contributed by atoms with E-state index >= 15 is 0 Å². The molecule has 2 N–H and O–H groups in total. The van der Waals surface area contributed by atoms with Crippen molar-refractivity contribution in [3.8, 4) is 0 Å². The molecule has 4 heteroatoms. The number of allylic oxidation sites excluding steroid dienone is 8. The average Bonchev–Trinajstić information content (AvgIpc) is 3.31. The van der Waals surface area contributed by atoms with Crippen LogP contribution in [0.3, 0.4) is 0 Å². The average molecular weight is 286 g/mol. The zero-order chi connectivity index (χ0) is 14.5. The second kappa shape index (κ2) is 4.31. The van der Waals surface area contributed by atoms with Gasteiger partial charge in [0.05, 0.1) is 22.9 Å². The highest BCUT2D eigenvalue weighted by Gasteiger charge is 2.17. The molecule has 0 aliphatic heterocycles. The third-order valence-corrected chi connectivity index (χ3v) is 4.27. The normalized spacial score (nSPS) is 17.8. The monoisotopic (exact) mass is 286 g/mol. The second-order valence-electron chi connectivity index (χ2n) is 5.69. The van der Waals surface area contributed by atoms with Crippen molar-refractivity contribution in [1.82, 2.24) is 19.9 Å². The van der Waals surface area contributed by atoms with E-state index in [9.17, 15) is 0 Å². The van der Waals surface area contributed by atoms with Crippen molar-refractivity contribution >= 4 is 22.1 Å². The van der Waals surface area contributed by atoms with Crippen LogP contribution in [-0.4, -0.2) is 19.9 Å². The number of rotatable bonds is 2. The molecule has 0 bridgehead atoms. The van der Waals surface area contributed by atoms with Crippen LogP contribution in [0.5, 0.6) is 0 Å². The summed E-state index contributed by atoms with van der Waals surface area (Å²) in [5.41, 5.74) is 3.95. The predicted molar refractivity (Wildman–Crippen MR) is 87.8 cm³/mol. The maximum Gasteiger partial charge on any atom is 0.118 e. The Morgan fingerprint density at radius 1 is 0.636 bits per heavy atom. The van der Waals surface area contributed by atoms with Gasteiger partial charge in [-0.25, -0.2) is 9.97 Å². The minimum Gasteiger partial charge on any atom is -0.341 e. The third kappa shape index (κ3) is 1.64.